The molecule has 0 atom stereocenters. The maximum Gasteiger partial charge on any atom is 0.251 e. The molecule has 0 aliphatic heterocycles. The monoisotopic (exact) mass is 295 g/mol. The van der Waals surface area contributed by atoms with Gasteiger partial charge >= 0.3 is 0 Å². The molecule has 0 aliphatic carbocycles. The summed E-state index contributed by atoms with van der Waals surface area (Å²) in [4.78, 5) is 11.9. The lowest BCUT2D eigenvalue weighted by atomic mass is 10.1. The molecule has 1 aromatic rings. The van der Waals surface area contributed by atoms with Gasteiger partial charge in [-0.1, -0.05) is 23.4 Å². The van der Waals surface area contributed by atoms with E-state index >= 15 is 0 Å². The Bertz CT molecular complexity index is 506. The highest BCUT2D eigenvalue weighted by atomic mass is 35.5. The minimum Gasteiger partial charge on any atom is -0.385 e. The first-order valence-electron chi connectivity index (χ1n) is 6.35. The van der Waals surface area contributed by atoms with Crippen molar-refractivity contribution in [2.75, 3.05) is 26.9 Å². The number of halogens is 1. The molecule has 0 saturated carbocycles. The Morgan fingerprint density at radius 3 is 2.90 bits per heavy atom. The highest BCUT2D eigenvalue weighted by molar-refractivity contribution is 6.32. The molecular formula is C15H18ClNO3. The maximum absolute atomic E-state index is 11.9. The minimum absolute atomic E-state index is 0.161. The summed E-state index contributed by atoms with van der Waals surface area (Å²) in [6.45, 7) is 1.08. The largest absolute Gasteiger partial charge is 0.385 e. The van der Waals surface area contributed by atoms with Crippen LogP contribution in [0.2, 0.25) is 5.02 Å². The number of carbonyl (C=O) groups excluding carboxylic acids is 1. The van der Waals surface area contributed by atoms with Gasteiger partial charge in [0.05, 0.1) is 5.02 Å². The molecule has 4 nitrogen and oxygen atoms in total. The molecule has 0 bridgehead atoms. The van der Waals surface area contributed by atoms with Gasteiger partial charge in [-0.25, -0.2) is 0 Å². The van der Waals surface area contributed by atoms with Gasteiger partial charge in [-0.3, -0.25) is 4.79 Å². The molecule has 0 aromatic heterocycles. The molecule has 2 N–H and O–H groups in total. The van der Waals surface area contributed by atoms with E-state index in [2.05, 4.69) is 17.2 Å². The van der Waals surface area contributed by atoms with Gasteiger partial charge in [0.1, 0.15) is 6.61 Å². The summed E-state index contributed by atoms with van der Waals surface area (Å²) < 4.78 is 4.93. The molecule has 1 aromatic carbocycles. The number of carbonyl (C=O) groups is 1. The van der Waals surface area contributed by atoms with Gasteiger partial charge in [-0.05, 0) is 31.0 Å². The molecule has 1 rings (SSSR count). The summed E-state index contributed by atoms with van der Waals surface area (Å²) in [5.41, 5.74) is 1.09. The third-order valence-electron chi connectivity index (χ3n) is 2.59. The molecule has 0 aliphatic rings. The van der Waals surface area contributed by atoms with Crippen LogP contribution in [-0.4, -0.2) is 37.9 Å². The van der Waals surface area contributed by atoms with Gasteiger partial charge in [0.2, 0.25) is 0 Å². The van der Waals surface area contributed by atoms with E-state index in [4.69, 9.17) is 21.4 Å². The molecule has 0 unspecified atom stereocenters. The highest BCUT2D eigenvalue weighted by Gasteiger charge is 2.07. The quantitative estimate of drug-likeness (QED) is 0.622. The summed E-state index contributed by atoms with van der Waals surface area (Å²) >= 11 is 6.03. The Hall–Kier alpha value is -1.54. The van der Waals surface area contributed by atoms with Gasteiger partial charge in [-0.2, -0.15) is 0 Å². The van der Waals surface area contributed by atoms with Crippen LogP contribution in [0.1, 0.15) is 28.8 Å². The predicted molar refractivity (Wildman–Crippen MR) is 78.9 cm³/mol. The van der Waals surface area contributed by atoms with Crippen molar-refractivity contribution in [2.24, 2.45) is 0 Å². The zero-order valence-electron chi connectivity index (χ0n) is 11.4. The van der Waals surface area contributed by atoms with Gasteiger partial charge < -0.3 is 15.2 Å². The Kier molecular flexibility index (Phi) is 7.74. The van der Waals surface area contributed by atoms with E-state index in [1.54, 1.807) is 25.3 Å². The van der Waals surface area contributed by atoms with Crippen molar-refractivity contribution in [3.63, 3.8) is 0 Å². The molecule has 0 radical (unpaired) electrons. The lowest BCUT2D eigenvalue weighted by molar-refractivity contribution is 0.0951. The van der Waals surface area contributed by atoms with E-state index in [9.17, 15) is 4.79 Å². The number of hydrogen-bond donors (Lipinski definition) is 2. The van der Waals surface area contributed by atoms with Crippen LogP contribution in [0.15, 0.2) is 18.2 Å². The van der Waals surface area contributed by atoms with Crippen LogP contribution in [-0.2, 0) is 4.74 Å². The number of methoxy groups -OCH3 is 1. The highest BCUT2D eigenvalue weighted by Crippen LogP contribution is 2.17. The number of nitrogens with one attached hydrogen (secondary N) is 1. The Labute approximate surface area is 124 Å². The predicted octanol–water partition coefficient (Wildman–Crippen LogP) is 1.84. The van der Waals surface area contributed by atoms with E-state index < -0.39 is 0 Å². The van der Waals surface area contributed by atoms with E-state index in [0.29, 0.717) is 29.3 Å². The Morgan fingerprint density at radius 2 is 2.25 bits per heavy atom. The van der Waals surface area contributed by atoms with Crippen LogP contribution >= 0.6 is 11.6 Å². The fourth-order valence-corrected chi connectivity index (χ4v) is 1.80. The average molecular weight is 296 g/mol. The van der Waals surface area contributed by atoms with Gasteiger partial charge in [0.25, 0.3) is 5.91 Å². The van der Waals surface area contributed by atoms with Crippen LogP contribution in [0.5, 0.6) is 0 Å². The summed E-state index contributed by atoms with van der Waals surface area (Å²) in [7, 11) is 1.65. The average Bonchev–Trinajstić information content (AvgIpc) is 2.45. The number of amides is 1. The van der Waals surface area contributed by atoms with Crippen molar-refractivity contribution in [1.29, 1.82) is 0 Å². The molecule has 0 saturated heterocycles. The fourth-order valence-electron chi connectivity index (χ4n) is 1.57. The molecule has 108 valence electrons. The third kappa shape index (κ3) is 5.62. The number of aliphatic hydroxyl groups excluding tert-OH is 1. The first kappa shape index (κ1) is 16.5. The van der Waals surface area contributed by atoms with Crippen LogP contribution in [0, 0.1) is 11.8 Å². The van der Waals surface area contributed by atoms with Crippen molar-refractivity contribution in [3.8, 4) is 11.8 Å². The number of unbranched alkanes of at least 4 members (excludes halogenated alkanes) is 1. The first-order valence-corrected chi connectivity index (χ1v) is 6.73. The fraction of sp³-hybridized carbons (Fsp3) is 0.400. The van der Waals surface area contributed by atoms with Crippen molar-refractivity contribution < 1.29 is 14.6 Å². The summed E-state index contributed by atoms with van der Waals surface area (Å²) in [6.07, 6.45) is 1.78. The second-order valence-corrected chi connectivity index (χ2v) is 4.52. The molecule has 20 heavy (non-hydrogen) atoms. The van der Waals surface area contributed by atoms with E-state index in [0.717, 1.165) is 12.8 Å². The van der Waals surface area contributed by atoms with E-state index in [1.807, 2.05) is 0 Å². The van der Waals surface area contributed by atoms with Crippen molar-refractivity contribution >= 4 is 17.5 Å². The number of rotatable bonds is 6. The van der Waals surface area contributed by atoms with Crippen LogP contribution in [0.3, 0.4) is 0 Å². The molecular weight excluding hydrogens is 278 g/mol. The van der Waals surface area contributed by atoms with Gasteiger partial charge in [0, 0.05) is 31.4 Å². The second kappa shape index (κ2) is 9.38. The summed E-state index contributed by atoms with van der Waals surface area (Å²) in [5, 5.41) is 11.8. The molecule has 5 heteroatoms. The summed E-state index contributed by atoms with van der Waals surface area (Å²) in [5.74, 6) is 5.07. The standard InChI is InChI=1S/C15H18ClNO3/c1-20-10-3-2-8-17-15(19)13-7-6-12(5-4-9-18)14(16)11-13/h6-7,11,18H,2-3,8-10H2,1H3,(H,17,19). The maximum atomic E-state index is 11.9. The molecule has 0 heterocycles. The molecule has 1 amide bonds. The molecule has 0 fully saturated rings. The summed E-state index contributed by atoms with van der Waals surface area (Å²) in [6, 6.07) is 4.91. The number of benzene rings is 1. The van der Waals surface area contributed by atoms with Gasteiger partial charge in [0.15, 0.2) is 0 Å². The van der Waals surface area contributed by atoms with Crippen molar-refractivity contribution in [2.45, 2.75) is 12.8 Å². The third-order valence-corrected chi connectivity index (χ3v) is 2.91. The normalized spacial score (nSPS) is 9.75. The Morgan fingerprint density at radius 1 is 1.45 bits per heavy atom. The lowest BCUT2D eigenvalue weighted by Gasteiger charge is -2.06. The lowest BCUT2D eigenvalue weighted by Crippen LogP contribution is -2.24. The second-order valence-electron chi connectivity index (χ2n) is 4.11. The SMILES string of the molecule is COCCCCNC(=O)c1ccc(C#CCO)c(Cl)c1. The van der Waals surface area contributed by atoms with Crippen LogP contribution < -0.4 is 5.32 Å². The zero-order valence-corrected chi connectivity index (χ0v) is 12.2. The van der Waals surface area contributed by atoms with E-state index in [-0.39, 0.29) is 12.5 Å². The van der Waals surface area contributed by atoms with Crippen molar-refractivity contribution in [3.05, 3.63) is 34.3 Å². The number of ether oxygens (including phenoxy) is 1. The number of hydrogen-bond acceptors (Lipinski definition) is 3. The smallest absolute Gasteiger partial charge is 0.251 e. The van der Waals surface area contributed by atoms with Crippen molar-refractivity contribution in [1.82, 2.24) is 5.32 Å². The minimum atomic E-state index is -0.222. The molecule has 0 spiro atoms. The van der Waals surface area contributed by atoms with Crippen LogP contribution in [0.4, 0.5) is 0 Å². The van der Waals surface area contributed by atoms with Crippen LogP contribution in [0.25, 0.3) is 0 Å². The zero-order chi connectivity index (χ0) is 14.8. The number of aliphatic hydroxyl groups is 1. The topological polar surface area (TPSA) is 58.6 Å². The first-order chi connectivity index (χ1) is 9.69. The Balaban J connectivity index is 2.54. The van der Waals surface area contributed by atoms with E-state index in [1.165, 1.54) is 0 Å². The van der Waals surface area contributed by atoms with Gasteiger partial charge in [-0.15, -0.1) is 0 Å².